The molecule has 0 spiro atoms. The number of aliphatic hydroxyl groups excluding tert-OH is 5. The fourth-order valence-electron chi connectivity index (χ4n) is 7.98. The molecule has 2 aliphatic heterocycles. The molecule has 2 aromatic carbocycles. The van der Waals surface area contributed by atoms with Gasteiger partial charge >= 0.3 is 11.9 Å². The number of aromatic carboxylic acids is 1. The minimum atomic E-state index is -1.80. The molecule has 1 amide bonds. The van der Waals surface area contributed by atoms with Crippen molar-refractivity contribution in [3.05, 3.63) is 105 Å². The fraction of sp³-hybridized carbons (Fsp3) is 0.478. The van der Waals surface area contributed by atoms with Crippen molar-refractivity contribution in [2.45, 2.75) is 115 Å². The van der Waals surface area contributed by atoms with Crippen LogP contribution in [-0.2, 0) is 20.4 Å². The van der Waals surface area contributed by atoms with E-state index < -0.39 is 60.3 Å². The van der Waals surface area contributed by atoms with E-state index in [4.69, 9.17) is 26.4 Å². The monoisotopic (exact) mass is 847 g/mol. The molecule has 7 N–H and O–H groups in total. The summed E-state index contributed by atoms with van der Waals surface area (Å²) >= 11 is 7.12. The van der Waals surface area contributed by atoms with E-state index in [2.05, 4.69) is 36.2 Å². The lowest BCUT2D eigenvalue weighted by atomic mass is 9.80. The minimum Gasteiger partial charge on any atom is -0.478 e. The van der Waals surface area contributed by atoms with Crippen molar-refractivity contribution in [1.82, 2.24) is 5.32 Å². The number of anilines is 1. The number of nitrogens with one attached hydrogen (secondary N) is 1. The van der Waals surface area contributed by atoms with E-state index in [0.717, 1.165) is 77.9 Å². The summed E-state index contributed by atoms with van der Waals surface area (Å²) in [5, 5.41) is 61.8. The molecule has 3 aliphatic rings. The third-order valence-corrected chi connectivity index (χ3v) is 12.1. The summed E-state index contributed by atoms with van der Waals surface area (Å²) < 4.78 is 5.08. The van der Waals surface area contributed by atoms with E-state index in [0.29, 0.717) is 35.9 Å². The van der Waals surface area contributed by atoms with E-state index >= 15 is 0 Å². The first-order valence-corrected chi connectivity index (χ1v) is 20.9. The Morgan fingerprint density at radius 1 is 0.900 bits per heavy atom. The molecule has 1 aliphatic carbocycles. The predicted octanol–water partition coefficient (Wildman–Crippen LogP) is 5.88. The van der Waals surface area contributed by atoms with Crippen LogP contribution >= 0.6 is 11.6 Å². The molecule has 13 nitrogen and oxygen atoms in total. The van der Waals surface area contributed by atoms with Gasteiger partial charge in [0.25, 0.3) is 5.91 Å². The number of allylic oxidation sites excluding steroid dienone is 8. The van der Waals surface area contributed by atoms with Crippen molar-refractivity contribution < 1.29 is 49.8 Å². The Hall–Kier alpha value is -4.63. The Morgan fingerprint density at radius 3 is 2.30 bits per heavy atom. The number of hydrogen-bond donors (Lipinski definition) is 7. The molecule has 2 heterocycles. The van der Waals surface area contributed by atoms with E-state index in [1.54, 1.807) is 37.3 Å². The first kappa shape index (κ1) is 46.4. The van der Waals surface area contributed by atoms with Crippen LogP contribution in [0.2, 0.25) is 0 Å². The molecule has 2 aromatic rings. The lowest BCUT2D eigenvalue weighted by Gasteiger charge is -2.27. The van der Waals surface area contributed by atoms with E-state index in [1.807, 2.05) is 32.1 Å². The first-order valence-electron chi connectivity index (χ1n) is 20.6. The van der Waals surface area contributed by atoms with Gasteiger partial charge in [0.05, 0.1) is 36.3 Å². The number of benzene rings is 2. The second-order valence-electron chi connectivity index (χ2n) is 16.6. The maximum atomic E-state index is 13.0. The Morgan fingerprint density at radius 2 is 1.60 bits per heavy atom. The van der Waals surface area contributed by atoms with Crippen molar-refractivity contribution in [2.24, 2.45) is 4.99 Å². The van der Waals surface area contributed by atoms with Gasteiger partial charge < -0.3 is 45.6 Å². The summed E-state index contributed by atoms with van der Waals surface area (Å²) in [6.45, 7) is 9.88. The number of carboxylic acid groups (broad SMARTS) is 1. The summed E-state index contributed by atoms with van der Waals surface area (Å²) in [5.41, 5.74) is 6.70. The third kappa shape index (κ3) is 10.3. The van der Waals surface area contributed by atoms with Gasteiger partial charge in [-0.15, -0.1) is 0 Å². The number of esters is 1. The number of fused-ring (bicyclic) bond motifs is 2. The summed E-state index contributed by atoms with van der Waals surface area (Å²) in [4.78, 5) is 44.0. The van der Waals surface area contributed by atoms with Crippen molar-refractivity contribution >= 4 is 46.5 Å². The largest absolute Gasteiger partial charge is 0.478 e. The second kappa shape index (κ2) is 19.8. The van der Waals surface area contributed by atoms with Gasteiger partial charge in [-0.1, -0.05) is 57.9 Å². The highest BCUT2D eigenvalue weighted by Gasteiger charge is 2.40. The molecule has 4 atom stereocenters. The normalized spacial score (nSPS) is 20.2. The number of carbonyl (C=O) groups excluding carboxylic acids is 2. The van der Waals surface area contributed by atoms with E-state index in [1.165, 1.54) is 0 Å². The van der Waals surface area contributed by atoms with Gasteiger partial charge in [0, 0.05) is 52.3 Å². The Balaban J connectivity index is 1.32. The van der Waals surface area contributed by atoms with Crippen LogP contribution in [0.5, 0.6) is 0 Å². The zero-order valence-corrected chi connectivity index (χ0v) is 35.7. The van der Waals surface area contributed by atoms with Crippen LogP contribution in [0.25, 0.3) is 0 Å². The quantitative estimate of drug-likeness (QED) is 0.0696. The molecule has 5 rings (SSSR count). The summed E-state index contributed by atoms with van der Waals surface area (Å²) in [6, 6.07) is 10.4. The van der Waals surface area contributed by atoms with Gasteiger partial charge in [0.15, 0.2) is 0 Å². The van der Waals surface area contributed by atoms with Crippen LogP contribution in [0.3, 0.4) is 0 Å². The van der Waals surface area contributed by atoms with E-state index in [9.17, 15) is 39.9 Å². The number of ether oxygens (including phenoxy) is 1. The number of unbranched alkanes of at least 4 members (excludes halogenated alkanes) is 2. The van der Waals surface area contributed by atoms with Crippen LogP contribution in [0.15, 0.2) is 87.6 Å². The minimum absolute atomic E-state index is 0.192. The summed E-state index contributed by atoms with van der Waals surface area (Å²) in [6.07, 6.45) is 6.53. The van der Waals surface area contributed by atoms with Crippen LogP contribution < -0.4 is 10.2 Å². The topological polar surface area (TPSA) is 209 Å². The summed E-state index contributed by atoms with van der Waals surface area (Å²) in [7, 11) is 0. The molecule has 14 heteroatoms. The van der Waals surface area contributed by atoms with Crippen LogP contribution in [-0.4, -0.2) is 105 Å². The zero-order chi connectivity index (χ0) is 43.9. The van der Waals surface area contributed by atoms with Crippen LogP contribution in [0.1, 0.15) is 111 Å². The number of aliphatic imine (C=N–C) groups is 1. The molecule has 0 saturated carbocycles. The zero-order valence-electron chi connectivity index (χ0n) is 34.9. The van der Waals surface area contributed by atoms with Gasteiger partial charge in [0.2, 0.25) is 0 Å². The SMILES string of the molecule is CCOC(=O)CCCCCN1/C(=C/C=C2\CCCC(/C=C/C3=Nc4ccc(C(=O)NCC(O)C(O)C(O)C(O)CO)cc4C3(C)C)=C2Cl)C(C)(C)c2cc(C(=O)O)ccc21. The average Bonchev–Trinajstić information content (AvgIpc) is 3.60. The van der Waals surface area contributed by atoms with Gasteiger partial charge in [-0.2, -0.15) is 0 Å². The number of hydrogen-bond acceptors (Lipinski definition) is 11. The number of amides is 1. The van der Waals surface area contributed by atoms with Gasteiger partial charge in [-0.05, 0) is 110 Å². The van der Waals surface area contributed by atoms with Crippen LogP contribution in [0.4, 0.5) is 11.4 Å². The highest BCUT2D eigenvalue weighted by Crippen LogP contribution is 2.49. The van der Waals surface area contributed by atoms with E-state index in [-0.39, 0.29) is 11.5 Å². The van der Waals surface area contributed by atoms with Crippen molar-refractivity contribution in [1.29, 1.82) is 0 Å². The Bertz CT molecular complexity index is 2100. The number of aliphatic hydroxyl groups is 5. The maximum absolute atomic E-state index is 13.0. The molecule has 0 aromatic heterocycles. The standard InChI is InChI=1S/C46H58ClN3O10/c1-6-60-39(54)13-8-7-9-22-50-34-19-15-30(44(58)59)24-32(34)46(4,5)38(50)21-17-28-12-10-11-27(40(28)47)16-20-37-45(2,3)31-23-29(14-18-33(31)49-37)43(57)48-25-35(52)41(55)42(56)36(53)26-51/h14-21,23-24,35-36,41-42,51-53,55-56H,6-13,22,25-26H2,1-5H3,(H,48,57)(H,58,59)/b20-16+,28-17+,38-21+. The molecular weight excluding hydrogens is 790 g/mol. The molecule has 0 fully saturated rings. The number of carboxylic acids is 1. The van der Waals surface area contributed by atoms with Gasteiger partial charge in [-0.25, -0.2) is 4.79 Å². The fourth-order valence-corrected chi connectivity index (χ4v) is 8.29. The lowest BCUT2D eigenvalue weighted by Crippen LogP contribution is -2.49. The predicted molar refractivity (Wildman–Crippen MR) is 231 cm³/mol. The lowest BCUT2D eigenvalue weighted by molar-refractivity contribution is -0.143. The molecule has 0 saturated heterocycles. The molecular formula is C46H58ClN3O10. The third-order valence-electron chi connectivity index (χ3n) is 11.7. The number of carbonyl (C=O) groups is 3. The smallest absolute Gasteiger partial charge is 0.335 e. The van der Waals surface area contributed by atoms with Crippen molar-refractivity contribution in [3.8, 4) is 0 Å². The molecule has 0 bridgehead atoms. The molecule has 4 unspecified atom stereocenters. The highest BCUT2D eigenvalue weighted by atomic mass is 35.5. The molecule has 0 radical (unpaired) electrons. The Labute approximate surface area is 356 Å². The molecule has 60 heavy (non-hydrogen) atoms. The van der Waals surface area contributed by atoms with Crippen molar-refractivity contribution in [3.63, 3.8) is 0 Å². The molecule has 324 valence electrons. The van der Waals surface area contributed by atoms with Gasteiger partial charge in [-0.3, -0.25) is 14.6 Å². The first-order chi connectivity index (χ1) is 28.4. The Kier molecular flexibility index (Phi) is 15.3. The number of rotatable bonds is 18. The number of nitrogens with zero attached hydrogens (tertiary/aromatic N) is 2. The average molecular weight is 848 g/mol. The van der Waals surface area contributed by atoms with Crippen LogP contribution in [0, 0.1) is 0 Å². The number of halogens is 1. The highest BCUT2D eigenvalue weighted by molar-refractivity contribution is 6.32. The maximum Gasteiger partial charge on any atom is 0.335 e. The summed E-state index contributed by atoms with van der Waals surface area (Å²) in [5.74, 6) is -1.68. The van der Waals surface area contributed by atoms with Gasteiger partial charge in [0.1, 0.15) is 18.3 Å². The second-order valence-corrected chi connectivity index (χ2v) is 16.9. The van der Waals surface area contributed by atoms with Crippen molar-refractivity contribution in [2.75, 3.05) is 31.2 Å².